The highest BCUT2D eigenvalue weighted by atomic mass is 16.5. The lowest BCUT2D eigenvalue weighted by Gasteiger charge is -2.15. The maximum absolute atomic E-state index is 11.0. The normalized spacial score (nSPS) is 10.0. The molecule has 0 aromatic heterocycles. The van der Waals surface area contributed by atoms with Crippen LogP contribution in [0.2, 0.25) is 0 Å². The highest BCUT2D eigenvalue weighted by molar-refractivity contribution is 5.86. The number of benzene rings is 2. The average Bonchev–Trinajstić information content (AvgIpc) is 2.53. The Bertz CT molecular complexity index is 622. The van der Waals surface area contributed by atoms with E-state index in [0.29, 0.717) is 18.6 Å². The van der Waals surface area contributed by atoms with Crippen LogP contribution in [0.25, 0.3) is 0 Å². The molecule has 2 aromatic carbocycles. The third-order valence-electron chi connectivity index (χ3n) is 3.00. The zero-order valence-corrected chi connectivity index (χ0v) is 11.8. The van der Waals surface area contributed by atoms with Crippen molar-refractivity contribution in [3.63, 3.8) is 0 Å². The van der Waals surface area contributed by atoms with Gasteiger partial charge < -0.3 is 19.3 Å². The van der Waals surface area contributed by atoms with Crippen LogP contribution in [0.3, 0.4) is 0 Å². The summed E-state index contributed by atoms with van der Waals surface area (Å²) in [5, 5.41) is 10.1. The van der Waals surface area contributed by atoms with Gasteiger partial charge in [0, 0.05) is 6.07 Å². The fourth-order valence-electron chi connectivity index (χ4n) is 1.94. The molecule has 0 atom stereocenters. The first-order chi connectivity index (χ1) is 10.2. The summed E-state index contributed by atoms with van der Waals surface area (Å²) in [4.78, 5) is 11.0. The van der Waals surface area contributed by atoms with Crippen molar-refractivity contribution in [1.29, 1.82) is 0 Å². The van der Waals surface area contributed by atoms with Crippen LogP contribution in [0.1, 0.15) is 15.9 Å². The molecule has 0 saturated heterocycles. The summed E-state index contributed by atoms with van der Waals surface area (Å²) in [7, 11) is 2.81. The number of phenols is 1. The topological polar surface area (TPSA) is 65.0 Å². The first-order valence-electron chi connectivity index (χ1n) is 6.31. The van der Waals surface area contributed by atoms with E-state index in [2.05, 4.69) is 0 Å². The third-order valence-corrected chi connectivity index (χ3v) is 3.00. The van der Waals surface area contributed by atoms with Crippen molar-refractivity contribution >= 4 is 6.29 Å². The van der Waals surface area contributed by atoms with Crippen molar-refractivity contribution in [3.8, 4) is 23.0 Å². The maximum Gasteiger partial charge on any atom is 0.204 e. The molecule has 0 unspecified atom stereocenters. The minimum atomic E-state index is -0.296. The number of ether oxygens (including phenoxy) is 3. The summed E-state index contributed by atoms with van der Waals surface area (Å²) in [6.45, 7) is 0.306. The Morgan fingerprint density at radius 2 is 1.81 bits per heavy atom. The second-order valence-electron chi connectivity index (χ2n) is 4.26. The zero-order chi connectivity index (χ0) is 15.2. The van der Waals surface area contributed by atoms with Crippen molar-refractivity contribution in [2.45, 2.75) is 6.61 Å². The molecule has 0 fully saturated rings. The summed E-state index contributed by atoms with van der Waals surface area (Å²) in [6, 6.07) is 11.1. The predicted molar refractivity (Wildman–Crippen MR) is 77.4 cm³/mol. The molecular formula is C16H16O5. The SMILES string of the molecule is COc1cc(OCc2ccccc2)c(OC)c(O)c1C=O. The van der Waals surface area contributed by atoms with E-state index in [0.717, 1.165) is 5.56 Å². The van der Waals surface area contributed by atoms with Gasteiger partial charge in [-0.3, -0.25) is 4.79 Å². The third kappa shape index (κ3) is 3.08. The van der Waals surface area contributed by atoms with Crippen LogP contribution in [-0.2, 0) is 6.61 Å². The van der Waals surface area contributed by atoms with Gasteiger partial charge >= 0.3 is 0 Å². The molecule has 21 heavy (non-hydrogen) atoms. The van der Waals surface area contributed by atoms with Gasteiger partial charge in [0.1, 0.15) is 17.9 Å². The number of carbonyl (C=O) groups excluding carboxylic acids is 1. The van der Waals surface area contributed by atoms with Crippen LogP contribution in [0.4, 0.5) is 0 Å². The number of hydrogen-bond donors (Lipinski definition) is 1. The van der Waals surface area contributed by atoms with Crippen molar-refractivity contribution in [2.24, 2.45) is 0 Å². The standard InChI is InChI=1S/C16H16O5/c1-19-13-8-14(16(20-2)15(18)12(13)9-17)21-10-11-6-4-3-5-7-11/h3-9,18H,10H2,1-2H3. The van der Waals surface area contributed by atoms with E-state index in [1.165, 1.54) is 20.3 Å². The predicted octanol–water partition coefficient (Wildman–Crippen LogP) is 2.80. The van der Waals surface area contributed by atoms with Crippen LogP contribution in [-0.4, -0.2) is 25.6 Å². The number of aldehydes is 1. The summed E-state index contributed by atoms with van der Waals surface area (Å²) in [5.74, 6) is 0.344. The average molecular weight is 288 g/mol. The summed E-state index contributed by atoms with van der Waals surface area (Å²) >= 11 is 0. The van der Waals surface area contributed by atoms with Crippen LogP contribution < -0.4 is 14.2 Å². The molecule has 0 heterocycles. The largest absolute Gasteiger partial charge is 0.504 e. The number of phenolic OH excluding ortho intramolecular Hbond substituents is 1. The van der Waals surface area contributed by atoms with Gasteiger partial charge in [0.25, 0.3) is 0 Å². The molecule has 0 saturated carbocycles. The van der Waals surface area contributed by atoms with Crippen LogP contribution in [0.5, 0.6) is 23.0 Å². The highest BCUT2D eigenvalue weighted by Crippen LogP contribution is 2.43. The van der Waals surface area contributed by atoms with E-state index in [1.807, 2.05) is 30.3 Å². The Hall–Kier alpha value is -2.69. The first kappa shape index (κ1) is 14.7. The lowest BCUT2D eigenvalue weighted by Crippen LogP contribution is -2.01. The maximum atomic E-state index is 11.0. The molecule has 0 aliphatic heterocycles. The van der Waals surface area contributed by atoms with E-state index < -0.39 is 0 Å². The second-order valence-corrected chi connectivity index (χ2v) is 4.26. The summed E-state index contributed by atoms with van der Waals surface area (Å²) in [5.41, 5.74) is 0.999. The Morgan fingerprint density at radius 3 is 2.38 bits per heavy atom. The zero-order valence-electron chi connectivity index (χ0n) is 11.8. The Balaban J connectivity index is 2.34. The van der Waals surface area contributed by atoms with E-state index >= 15 is 0 Å². The quantitative estimate of drug-likeness (QED) is 0.828. The molecule has 1 N–H and O–H groups in total. The molecule has 0 radical (unpaired) electrons. The minimum absolute atomic E-state index is 0.0291. The van der Waals surface area contributed by atoms with Gasteiger partial charge in [-0.1, -0.05) is 30.3 Å². The Labute approximate surface area is 122 Å². The highest BCUT2D eigenvalue weighted by Gasteiger charge is 2.20. The monoisotopic (exact) mass is 288 g/mol. The van der Waals surface area contributed by atoms with Crippen molar-refractivity contribution in [3.05, 3.63) is 47.5 Å². The van der Waals surface area contributed by atoms with Gasteiger partial charge in [-0.25, -0.2) is 0 Å². The number of aromatic hydroxyl groups is 1. The molecule has 0 spiro atoms. The molecule has 0 aliphatic carbocycles. The fourth-order valence-corrected chi connectivity index (χ4v) is 1.94. The molecule has 0 amide bonds. The summed E-state index contributed by atoms with van der Waals surface area (Å²) in [6.07, 6.45) is 0.512. The number of carbonyl (C=O) groups is 1. The smallest absolute Gasteiger partial charge is 0.204 e. The van der Waals surface area contributed by atoms with Gasteiger partial charge in [0.2, 0.25) is 5.75 Å². The van der Waals surface area contributed by atoms with E-state index in [9.17, 15) is 9.90 Å². The minimum Gasteiger partial charge on any atom is -0.504 e. The number of methoxy groups -OCH3 is 2. The molecular weight excluding hydrogens is 272 g/mol. The van der Waals surface area contributed by atoms with Crippen LogP contribution in [0.15, 0.2) is 36.4 Å². The molecule has 2 rings (SSSR count). The van der Waals surface area contributed by atoms with Gasteiger partial charge in [0.15, 0.2) is 17.8 Å². The van der Waals surface area contributed by atoms with Gasteiger partial charge in [-0.2, -0.15) is 0 Å². The summed E-state index contributed by atoms with van der Waals surface area (Å²) < 4.78 is 15.9. The lowest BCUT2D eigenvalue weighted by molar-refractivity contribution is 0.111. The van der Waals surface area contributed by atoms with Crippen molar-refractivity contribution in [1.82, 2.24) is 0 Å². The molecule has 110 valence electrons. The van der Waals surface area contributed by atoms with Gasteiger partial charge in [-0.15, -0.1) is 0 Å². The molecule has 5 nitrogen and oxygen atoms in total. The van der Waals surface area contributed by atoms with Crippen LogP contribution in [0, 0.1) is 0 Å². The molecule has 5 heteroatoms. The lowest BCUT2D eigenvalue weighted by atomic mass is 10.1. The van der Waals surface area contributed by atoms with E-state index in [1.54, 1.807) is 0 Å². The molecule has 0 aliphatic rings. The Morgan fingerprint density at radius 1 is 1.10 bits per heavy atom. The molecule has 0 bridgehead atoms. The first-order valence-corrected chi connectivity index (χ1v) is 6.31. The van der Waals surface area contributed by atoms with Gasteiger partial charge in [-0.05, 0) is 5.56 Å². The Kier molecular flexibility index (Phi) is 4.66. The van der Waals surface area contributed by atoms with Gasteiger partial charge in [0.05, 0.1) is 14.2 Å². The second kappa shape index (κ2) is 6.65. The number of hydrogen-bond acceptors (Lipinski definition) is 5. The van der Waals surface area contributed by atoms with E-state index in [4.69, 9.17) is 14.2 Å². The van der Waals surface area contributed by atoms with Crippen molar-refractivity contribution < 1.29 is 24.1 Å². The van der Waals surface area contributed by atoms with Crippen molar-refractivity contribution in [2.75, 3.05) is 14.2 Å². The van der Waals surface area contributed by atoms with E-state index in [-0.39, 0.29) is 22.8 Å². The number of rotatable bonds is 6. The fraction of sp³-hybridized carbons (Fsp3) is 0.188. The van der Waals surface area contributed by atoms with Crippen LogP contribution >= 0.6 is 0 Å². The molecule has 2 aromatic rings.